The van der Waals surface area contributed by atoms with Gasteiger partial charge in [-0.15, -0.1) is 0 Å². The highest BCUT2D eigenvalue weighted by atomic mass is 16.4. The molecule has 1 amide bonds. The first-order chi connectivity index (χ1) is 7.23. The number of nitrogens with two attached hydrogens (primary N) is 1. The Hall–Kier alpha value is -1.26. The van der Waals surface area contributed by atoms with E-state index in [-0.39, 0.29) is 17.3 Å². The topological polar surface area (TPSA) is 87.7 Å². The molecule has 0 radical (unpaired) electrons. The zero-order valence-electron chi connectivity index (χ0n) is 10.8. The lowest BCUT2D eigenvalue weighted by Crippen LogP contribution is -2.53. The van der Waals surface area contributed by atoms with Crippen LogP contribution < -0.4 is 11.1 Å². The van der Waals surface area contributed by atoms with Gasteiger partial charge in [-0.2, -0.15) is 0 Å². The number of oxime groups is 1. The highest BCUT2D eigenvalue weighted by molar-refractivity contribution is 6.06. The van der Waals surface area contributed by atoms with E-state index >= 15 is 0 Å². The van der Waals surface area contributed by atoms with Crippen molar-refractivity contribution in [2.45, 2.75) is 53.0 Å². The summed E-state index contributed by atoms with van der Waals surface area (Å²) in [5, 5.41) is 14.4. The smallest absolute Gasteiger partial charge is 0.233 e. The molecule has 0 spiro atoms. The molecule has 0 atom stereocenters. The molecule has 0 saturated heterocycles. The first-order valence-electron chi connectivity index (χ1n) is 5.54. The van der Waals surface area contributed by atoms with Gasteiger partial charge in [-0.05, 0) is 33.6 Å². The van der Waals surface area contributed by atoms with Gasteiger partial charge in [0.05, 0.1) is 0 Å². The normalized spacial score (nSPS) is 13.7. The number of carbonyl (C=O) groups excluding carboxylic acids is 1. The number of hydrogen-bond acceptors (Lipinski definition) is 3. The maximum Gasteiger partial charge on any atom is 0.233 e. The highest BCUT2D eigenvalue weighted by Gasteiger charge is 2.36. The minimum atomic E-state index is -1.000. The van der Waals surface area contributed by atoms with Crippen molar-refractivity contribution in [3.63, 3.8) is 0 Å². The van der Waals surface area contributed by atoms with E-state index in [0.29, 0.717) is 0 Å². The third-order valence-electron chi connectivity index (χ3n) is 3.29. The van der Waals surface area contributed by atoms with Crippen molar-refractivity contribution in [1.82, 2.24) is 5.32 Å². The fraction of sp³-hybridized carbons (Fsp3) is 0.818. The molecular weight excluding hydrogens is 206 g/mol. The quantitative estimate of drug-likeness (QED) is 0.288. The molecule has 5 heteroatoms. The third kappa shape index (κ3) is 3.12. The van der Waals surface area contributed by atoms with Crippen LogP contribution >= 0.6 is 0 Å². The Morgan fingerprint density at radius 2 is 1.75 bits per heavy atom. The summed E-state index contributed by atoms with van der Waals surface area (Å²) in [5.41, 5.74) is 4.25. The molecule has 0 rings (SSSR count). The molecule has 0 heterocycles. The van der Waals surface area contributed by atoms with Gasteiger partial charge in [0.1, 0.15) is 5.41 Å². The average molecular weight is 229 g/mol. The van der Waals surface area contributed by atoms with Crippen molar-refractivity contribution in [2.75, 3.05) is 0 Å². The van der Waals surface area contributed by atoms with Crippen LogP contribution in [0.4, 0.5) is 0 Å². The van der Waals surface area contributed by atoms with Crippen LogP contribution in [0, 0.1) is 5.41 Å². The lowest BCUT2D eigenvalue weighted by Gasteiger charge is -2.32. The van der Waals surface area contributed by atoms with E-state index in [9.17, 15) is 4.79 Å². The largest absolute Gasteiger partial charge is 0.409 e. The summed E-state index contributed by atoms with van der Waals surface area (Å²) in [6.45, 7) is 9.26. The number of carbonyl (C=O) groups is 1. The van der Waals surface area contributed by atoms with Gasteiger partial charge in [0, 0.05) is 5.54 Å². The van der Waals surface area contributed by atoms with Crippen LogP contribution in [0.25, 0.3) is 0 Å². The molecule has 0 saturated carbocycles. The van der Waals surface area contributed by atoms with Crippen molar-refractivity contribution >= 4 is 11.7 Å². The summed E-state index contributed by atoms with van der Waals surface area (Å²) in [4.78, 5) is 12.0. The van der Waals surface area contributed by atoms with Gasteiger partial charge >= 0.3 is 0 Å². The molecule has 0 aromatic carbocycles. The summed E-state index contributed by atoms with van der Waals surface area (Å²) in [7, 11) is 0. The molecule has 0 aromatic rings. The molecule has 0 aliphatic carbocycles. The second-order valence-electron chi connectivity index (χ2n) is 4.83. The molecule has 0 unspecified atom stereocenters. The number of nitrogens with zero attached hydrogens (tertiary/aromatic N) is 1. The van der Waals surface area contributed by atoms with E-state index in [1.54, 1.807) is 13.8 Å². The van der Waals surface area contributed by atoms with Crippen LogP contribution in [0.5, 0.6) is 0 Å². The molecule has 16 heavy (non-hydrogen) atoms. The Labute approximate surface area is 97.1 Å². The summed E-state index contributed by atoms with van der Waals surface area (Å²) in [6.07, 6.45) is 1.67. The Bertz CT molecular complexity index is 281. The number of amidine groups is 1. The van der Waals surface area contributed by atoms with Crippen LogP contribution in [0.1, 0.15) is 47.5 Å². The fourth-order valence-corrected chi connectivity index (χ4v) is 1.10. The number of nitrogens with one attached hydrogen (secondary N) is 1. The molecule has 94 valence electrons. The predicted molar refractivity (Wildman–Crippen MR) is 64.3 cm³/mol. The van der Waals surface area contributed by atoms with Gasteiger partial charge in [-0.1, -0.05) is 19.0 Å². The lowest BCUT2D eigenvalue weighted by molar-refractivity contribution is -0.128. The lowest BCUT2D eigenvalue weighted by atomic mass is 9.87. The second kappa shape index (κ2) is 5.18. The standard InChI is InChI=1S/C11H23N3O2/c1-6-11(5,7-2)13-9(15)10(3,4)8(12)14-16/h16H,6-7H2,1-5H3,(H2,12,14)(H,13,15). The molecular formula is C11H23N3O2. The molecule has 4 N–H and O–H groups in total. The van der Waals surface area contributed by atoms with Gasteiger partial charge in [0.25, 0.3) is 0 Å². The second-order valence-corrected chi connectivity index (χ2v) is 4.83. The van der Waals surface area contributed by atoms with Crippen LogP contribution in [0.3, 0.4) is 0 Å². The SMILES string of the molecule is CCC(C)(CC)NC(=O)C(C)(C)C(N)=NO. The van der Waals surface area contributed by atoms with Crippen LogP contribution in [0.2, 0.25) is 0 Å². The molecule has 0 aliphatic rings. The van der Waals surface area contributed by atoms with Gasteiger partial charge < -0.3 is 16.3 Å². The van der Waals surface area contributed by atoms with E-state index in [1.807, 2.05) is 20.8 Å². The first kappa shape index (κ1) is 14.7. The van der Waals surface area contributed by atoms with Crippen molar-refractivity contribution in [3.8, 4) is 0 Å². The monoisotopic (exact) mass is 229 g/mol. The van der Waals surface area contributed by atoms with E-state index < -0.39 is 5.41 Å². The Morgan fingerprint density at radius 1 is 1.31 bits per heavy atom. The Kier molecular flexibility index (Phi) is 4.78. The summed E-state index contributed by atoms with van der Waals surface area (Å²) in [5.74, 6) is -0.312. The number of amides is 1. The van der Waals surface area contributed by atoms with Crippen LogP contribution in [-0.2, 0) is 4.79 Å². The average Bonchev–Trinajstić information content (AvgIpc) is 2.27. The molecule has 0 aromatic heterocycles. The predicted octanol–water partition coefficient (Wildman–Crippen LogP) is 1.45. The van der Waals surface area contributed by atoms with E-state index in [2.05, 4.69) is 10.5 Å². The van der Waals surface area contributed by atoms with Crippen LogP contribution in [0.15, 0.2) is 5.16 Å². The first-order valence-corrected chi connectivity index (χ1v) is 5.54. The van der Waals surface area contributed by atoms with Gasteiger partial charge in [0.2, 0.25) is 5.91 Å². The van der Waals surface area contributed by atoms with Gasteiger partial charge in [-0.25, -0.2) is 0 Å². The number of rotatable bonds is 5. The third-order valence-corrected chi connectivity index (χ3v) is 3.29. The van der Waals surface area contributed by atoms with E-state index in [0.717, 1.165) is 12.8 Å². The van der Waals surface area contributed by atoms with E-state index in [1.165, 1.54) is 0 Å². The number of hydrogen-bond donors (Lipinski definition) is 3. The Balaban J connectivity index is 4.83. The van der Waals surface area contributed by atoms with Crippen molar-refractivity contribution in [3.05, 3.63) is 0 Å². The minimum absolute atomic E-state index is 0.0837. The minimum Gasteiger partial charge on any atom is -0.409 e. The van der Waals surface area contributed by atoms with E-state index in [4.69, 9.17) is 10.9 Å². The molecule has 5 nitrogen and oxygen atoms in total. The Morgan fingerprint density at radius 3 is 2.06 bits per heavy atom. The zero-order chi connectivity index (χ0) is 13.0. The molecule has 0 fully saturated rings. The zero-order valence-corrected chi connectivity index (χ0v) is 10.8. The fourth-order valence-electron chi connectivity index (χ4n) is 1.10. The summed E-state index contributed by atoms with van der Waals surface area (Å²) in [6, 6.07) is 0. The van der Waals surface area contributed by atoms with Crippen molar-refractivity contribution in [2.24, 2.45) is 16.3 Å². The maximum absolute atomic E-state index is 12.0. The highest BCUT2D eigenvalue weighted by Crippen LogP contribution is 2.20. The van der Waals surface area contributed by atoms with Gasteiger partial charge in [0.15, 0.2) is 5.84 Å². The summed E-state index contributed by atoms with van der Waals surface area (Å²) >= 11 is 0. The molecule has 0 aliphatic heterocycles. The molecule has 0 bridgehead atoms. The maximum atomic E-state index is 12.0. The van der Waals surface area contributed by atoms with Gasteiger partial charge in [-0.3, -0.25) is 4.79 Å². The van der Waals surface area contributed by atoms with Crippen molar-refractivity contribution < 1.29 is 10.0 Å². The summed E-state index contributed by atoms with van der Waals surface area (Å²) < 4.78 is 0. The van der Waals surface area contributed by atoms with Crippen LogP contribution in [-0.4, -0.2) is 22.5 Å². The van der Waals surface area contributed by atoms with Crippen molar-refractivity contribution in [1.29, 1.82) is 0 Å².